The van der Waals surface area contributed by atoms with Crippen LogP contribution in [0, 0.1) is 13.8 Å². The van der Waals surface area contributed by atoms with Gasteiger partial charge in [0.05, 0.1) is 36.4 Å². The number of hydrogen-bond acceptors (Lipinski definition) is 6. The van der Waals surface area contributed by atoms with Crippen molar-refractivity contribution in [2.24, 2.45) is 0 Å². The van der Waals surface area contributed by atoms with E-state index >= 15 is 0 Å². The van der Waals surface area contributed by atoms with Gasteiger partial charge in [0.15, 0.2) is 0 Å². The Morgan fingerprint density at radius 1 is 1.03 bits per heavy atom. The molecule has 0 aliphatic rings. The summed E-state index contributed by atoms with van der Waals surface area (Å²) in [6.07, 6.45) is 0. The number of halogens is 1. The summed E-state index contributed by atoms with van der Waals surface area (Å²) in [6, 6.07) is 11.4. The minimum atomic E-state index is -4.04. The third-order valence-corrected chi connectivity index (χ3v) is 7.48. The second-order valence-corrected chi connectivity index (χ2v) is 10.4. The number of nitrogens with one attached hydrogen (secondary N) is 2. The van der Waals surface area contributed by atoms with Crippen molar-refractivity contribution in [3.8, 4) is 11.5 Å². The summed E-state index contributed by atoms with van der Waals surface area (Å²) in [7, 11) is -1.18. The van der Waals surface area contributed by atoms with Gasteiger partial charge in [0, 0.05) is 21.4 Å². The van der Waals surface area contributed by atoms with E-state index in [0.717, 1.165) is 9.75 Å². The minimum Gasteiger partial charge on any atom is -0.495 e. The van der Waals surface area contributed by atoms with Crippen molar-refractivity contribution in [3.05, 3.63) is 68.4 Å². The third-order valence-electron chi connectivity index (χ3n) is 4.68. The van der Waals surface area contributed by atoms with E-state index < -0.39 is 10.0 Å². The molecule has 2 N–H and O–H groups in total. The summed E-state index contributed by atoms with van der Waals surface area (Å²) < 4.78 is 39.2. The molecule has 0 spiro atoms. The number of rotatable bonds is 8. The molecule has 0 saturated heterocycles. The molecular formula is C22H23ClN2O5S2. The van der Waals surface area contributed by atoms with E-state index in [1.165, 1.54) is 32.4 Å². The molecule has 0 aliphatic heterocycles. The molecule has 32 heavy (non-hydrogen) atoms. The lowest BCUT2D eigenvalue weighted by atomic mass is 10.1. The summed E-state index contributed by atoms with van der Waals surface area (Å²) in [6.45, 7) is 4.01. The minimum absolute atomic E-state index is 0.0221. The van der Waals surface area contributed by atoms with Crippen molar-refractivity contribution in [3.63, 3.8) is 0 Å². The zero-order valence-corrected chi connectivity index (χ0v) is 20.4. The standard InChI is InChI=1S/C22H23ClN2O5S2/c1-13-5-7-15(22(26)24-12-16-8-6-14(2)31-16)9-21(13)32(27,28)25-18-10-17(23)19(29-3)11-20(18)30-4/h5-11,25H,12H2,1-4H3,(H,24,26). The van der Waals surface area contributed by atoms with Crippen molar-refractivity contribution in [2.45, 2.75) is 25.3 Å². The van der Waals surface area contributed by atoms with Crippen LogP contribution in [0.4, 0.5) is 5.69 Å². The summed E-state index contributed by atoms with van der Waals surface area (Å²) >= 11 is 7.74. The van der Waals surface area contributed by atoms with Gasteiger partial charge in [-0.25, -0.2) is 8.42 Å². The molecule has 1 heterocycles. The number of carbonyl (C=O) groups is 1. The Kier molecular flexibility index (Phi) is 7.33. The van der Waals surface area contributed by atoms with Crippen LogP contribution in [0.3, 0.4) is 0 Å². The van der Waals surface area contributed by atoms with Gasteiger partial charge in [0.25, 0.3) is 15.9 Å². The lowest BCUT2D eigenvalue weighted by Crippen LogP contribution is -2.23. The monoisotopic (exact) mass is 494 g/mol. The largest absolute Gasteiger partial charge is 0.495 e. The number of sulfonamides is 1. The van der Waals surface area contributed by atoms with Gasteiger partial charge >= 0.3 is 0 Å². The van der Waals surface area contributed by atoms with Crippen molar-refractivity contribution in [1.82, 2.24) is 5.32 Å². The van der Waals surface area contributed by atoms with Gasteiger partial charge in [0.2, 0.25) is 0 Å². The Morgan fingerprint density at radius 2 is 1.75 bits per heavy atom. The third kappa shape index (κ3) is 5.35. The summed E-state index contributed by atoms with van der Waals surface area (Å²) in [5.41, 5.74) is 0.881. The molecule has 0 bridgehead atoms. The molecule has 0 aliphatic carbocycles. The maximum absolute atomic E-state index is 13.1. The Hall–Kier alpha value is -2.75. The molecule has 0 atom stereocenters. The SMILES string of the molecule is COc1cc(OC)c(NS(=O)(=O)c2cc(C(=O)NCc3ccc(C)s3)ccc2C)cc1Cl. The van der Waals surface area contributed by atoms with Gasteiger partial charge in [-0.15, -0.1) is 11.3 Å². The summed E-state index contributed by atoms with van der Waals surface area (Å²) in [4.78, 5) is 14.8. The Bertz CT molecular complexity index is 1260. The van der Waals surface area contributed by atoms with Crippen molar-refractivity contribution in [2.75, 3.05) is 18.9 Å². The highest BCUT2D eigenvalue weighted by Crippen LogP contribution is 2.37. The average Bonchev–Trinajstić information content (AvgIpc) is 3.17. The number of benzene rings is 2. The first-order valence-electron chi connectivity index (χ1n) is 9.53. The smallest absolute Gasteiger partial charge is 0.262 e. The van der Waals surface area contributed by atoms with Crippen LogP contribution in [0.15, 0.2) is 47.4 Å². The number of methoxy groups -OCH3 is 2. The molecule has 0 radical (unpaired) electrons. The molecule has 3 rings (SSSR count). The van der Waals surface area contributed by atoms with Crippen LogP contribution in [-0.4, -0.2) is 28.5 Å². The highest BCUT2D eigenvalue weighted by Gasteiger charge is 2.22. The maximum atomic E-state index is 13.1. The Labute approximate surface area is 196 Å². The number of amides is 1. The molecule has 7 nitrogen and oxygen atoms in total. The van der Waals surface area contributed by atoms with Crippen molar-refractivity contribution < 1.29 is 22.7 Å². The van der Waals surface area contributed by atoms with E-state index in [9.17, 15) is 13.2 Å². The Morgan fingerprint density at radius 3 is 2.38 bits per heavy atom. The van der Waals surface area contributed by atoms with Crippen LogP contribution in [0.1, 0.15) is 25.7 Å². The molecule has 0 unspecified atom stereocenters. The lowest BCUT2D eigenvalue weighted by molar-refractivity contribution is 0.0951. The lowest BCUT2D eigenvalue weighted by Gasteiger charge is -2.16. The van der Waals surface area contributed by atoms with Gasteiger partial charge in [-0.1, -0.05) is 17.7 Å². The van der Waals surface area contributed by atoms with Gasteiger partial charge < -0.3 is 14.8 Å². The first-order chi connectivity index (χ1) is 15.1. The summed E-state index contributed by atoms with van der Waals surface area (Å²) in [5.74, 6) is 0.229. The van der Waals surface area contributed by atoms with Crippen LogP contribution in [-0.2, 0) is 16.6 Å². The van der Waals surface area contributed by atoms with Crippen LogP contribution >= 0.6 is 22.9 Å². The number of aryl methyl sites for hydroxylation is 2. The van der Waals surface area contributed by atoms with Gasteiger partial charge in [-0.3, -0.25) is 9.52 Å². The fraction of sp³-hybridized carbons (Fsp3) is 0.227. The van der Waals surface area contributed by atoms with E-state index in [4.69, 9.17) is 21.1 Å². The summed E-state index contributed by atoms with van der Waals surface area (Å²) in [5, 5.41) is 3.04. The molecule has 1 amide bonds. The van der Waals surface area contributed by atoms with Crippen LogP contribution in [0.5, 0.6) is 11.5 Å². The van der Waals surface area contributed by atoms with E-state index in [2.05, 4.69) is 10.0 Å². The first kappa shape index (κ1) is 23.9. The molecule has 10 heteroatoms. The van der Waals surface area contributed by atoms with Gasteiger partial charge in [-0.05, 0) is 49.7 Å². The predicted molar refractivity (Wildman–Crippen MR) is 127 cm³/mol. The van der Waals surface area contributed by atoms with Crippen molar-refractivity contribution >= 4 is 44.6 Å². The van der Waals surface area contributed by atoms with Gasteiger partial charge in [-0.2, -0.15) is 0 Å². The quantitative estimate of drug-likeness (QED) is 0.470. The molecule has 0 saturated carbocycles. The van der Waals surface area contributed by atoms with Crippen LogP contribution < -0.4 is 19.5 Å². The van der Waals surface area contributed by atoms with E-state index in [1.807, 2.05) is 19.1 Å². The molecule has 170 valence electrons. The maximum Gasteiger partial charge on any atom is 0.262 e. The molecule has 2 aromatic carbocycles. The first-order valence-corrected chi connectivity index (χ1v) is 12.2. The number of hydrogen-bond donors (Lipinski definition) is 2. The number of ether oxygens (including phenoxy) is 2. The molecule has 1 aromatic heterocycles. The highest BCUT2D eigenvalue weighted by atomic mass is 35.5. The molecular weight excluding hydrogens is 472 g/mol. The average molecular weight is 495 g/mol. The van der Waals surface area contributed by atoms with Crippen LogP contribution in [0.2, 0.25) is 5.02 Å². The second kappa shape index (κ2) is 9.81. The topological polar surface area (TPSA) is 93.7 Å². The highest BCUT2D eigenvalue weighted by molar-refractivity contribution is 7.92. The predicted octanol–water partition coefficient (Wildman–Crippen LogP) is 4.77. The fourth-order valence-electron chi connectivity index (χ4n) is 3.02. The van der Waals surface area contributed by atoms with E-state index in [0.29, 0.717) is 17.9 Å². The zero-order valence-electron chi connectivity index (χ0n) is 18.0. The van der Waals surface area contributed by atoms with Crippen molar-refractivity contribution in [1.29, 1.82) is 0 Å². The second-order valence-electron chi connectivity index (χ2n) is 6.97. The number of anilines is 1. The normalized spacial score (nSPS) is 11.2. The van der Waals surface area contributed by atoms with Crippen LogP contribution in [0.25, 0.3) is 0 Å². The van der Waals surface area contributed by atoms with E-state index in [1.54, 1.807) is 30.4 Å². The zero-order chi connectivity index (χ0) is 23.5. The molecule has 3 aromatic rings. The number of carbonyl (C=O) groups excluding carboxylic acids is 1. The van der Waals surface area contributed by atoms with Gasteiger partial charge in [0.1, 0.15) is 11.5 Å². The fourth-order valence-corrected chi connectivity index (χ4v) is 5.42. The van der Waals surface area contributed by atoms with E-state index in [-0.39, 0.29) is 32.8 Å². The Balaban J connectivity index is 1.86. The number of thiophene rings is 1. The molecule has 0 fully saturated rings.